The van der Waals surface area contributed by atoms with Gasteiger partial charge in [0.1, 0.15) is 0 Å². The van der Waals surface area contributed by atoms with Gasteiger partial charge in [0, 0.05) is 19.3 Å². The fourth-order valence-corrected chi connectivity index (χ4v) is 3.16. The first-order valence-electron chi connectivity index (χ1n) is 7.07. The van der Waals surface area contributed by atoms with Crippen LogP contribution in [0.4, 0.5) is 0 Å². The maximum Gasteiger partial charge on any atom is 0.0791 e. The number of aryl methyl sites for hydroxylation is 2. The number of hydrogen-bond acceptors (Lipinski definition) is 2. The van der Waals surface area contributed by atoms with Crippen LogP contribution in [0, 0.1) is 0 Å². The van der Waals surface area contributed by atoms with Crippen LogP contribution in [0.2, 0.25) is 0 Å². The molecule has 0 saturated heterocycles. The molecule has 3 heteroatoms. The molecule has 3 rings (SSSR count). The summed E-state index contributed by atoms with van der Waals surface area (Å²) in [5, 5.41) is 4.42. The van der Waals surface area contributed by atoms with Crippen molar-refractivity contribution >= 4 is 0 Å². The number of rotatable bonds is 3. The second-order valence-electron chi connectivity index (χ2n) is 5.54. The largest absolute Gasteiger partial charge is 0.323 e. The minimum absolute atomic E-state index is 0.0392. The number of nitrogens with zero attached hydrogens (tertiary/aromatic N) is 2. The Morgan fingerprint density at radius 2 is 2.21 bits per heavy atom. The molecular weight excluding hydrogens is 234 g/mol. The average Bonchev–Trinajstić information content (AvgIpc) is 2.86. The lowest BCUT2D eigenvalue weighted by Gasteiger charge is -2.27. The molecule has 19 heavy (non-hydrogen) atoms. The Morgan fingerprint density at radius 3 is 3.00 bits per heavy atom. The van der Waals surface area contributed by atoms with Crippen molar-refractivity contribution in [1.82, 2.24) is 9.78 Å². The highest BCUT2D eigenvalue weighted by Gasteiger charge is 2.23. The van der Waals surface area contributed by atoms with E-state index < -0.39 is 0 Å². The smallest absolute Gasteiger partial charge is 0.0791 e. The Morgan fingerprint density at radius 1 is 1.37 bits per heavy atom. The minimum Gasteiger partial charge on any atom is -0.323 e. The van der Waals surface area contributed by atoms with E-state index in [1.165, 1.54) is 30.4 Å². The van der Waals surface area contributed by atoms with Crippen molar-refractivity contribution < 1.29 is 0 Å². The van der Waals surface area contributed by atoms with E-state index in [1.807, 2.05) is 24.0 Å². The van der Waals surface area contributed by atoms with Crippen LogP contribution in [0.1, 0.15) is 48.0 Å². The molecular formula is C16H21N3. The summed E-state index contributed by atoms with van der Waals surface area (Å²) >= 11 is 0. The Balaban J connectivity index is 1.77. The van der Waals surface area contributed by atoms with Gasteiger partial charge in [0.25, 0.3) is 0 Å². The summed E-state index contributed by atoms with van der Waals surface area (Å²) in [6.45, 7) is 0. The SMILES string of the molecule is Cn1ccc(C(N)CC2CCCc3ccccc32)n1. The van der Waals surface area contributed by atoms with Crippen molar-refractivity contribution in [2.75, 3.05) is 0 Å². The second kappa shape index (κ2) is 5.17. The summed E-state index contributed by atoms with van der Waals surface area (Å²) in [7, 11) is 1.94. The highest BCUT2D eigenvalue weighted by atomic mass is 15.3. The van der Waals surface area contributed by atoms with Gasteiger partial charge in [0.15, 0.2) is 0 Å². The highest BCUT2D eigenvalue weighted by Crippen LogP contribution is 2.36. The Kier molecular flexibility index (Phi) is 3.38. The normalized spacial score (nSPS) is 20.0. The summed E-state index contributed by atoms with van der Waals surface area (Å²) in [4.78, 5) is 0. The zero-order valence-electron chi connectivity index (χ0n) is 11.4. The molecule has 0 saturated carbocycles. The molecule has 2 unspecified atom stereocenters. The first kappa shape index (κ1) is 12.4. The van der Waals surface area contributed by atoms with E-state index >= 15 is 0 Å². The Bertz CT molecular complexity index is 559. The molecule has 0 amide bonds. The number of nitrogens with two attached hydrogens (primary N) is 1. The van der Waals surface area contributed by atoms with Gasteiger partial charge < -0.3 is 5.73 Å². The molecule has 2 atom stereocenters. The van der Waals surface area contributed by atoms with E-state index in [0.717, 1.165) is 12.1 Å². The number of aromatic nitrogens is 2. The number of benzene rings is 1. The van der Waals surface area contributed by atoms with E-state index in [2.05, 4.69) is 29.4 Å². The second-order valence-corrected chi connectivity index (χ2v) is 5.54. The van der Waals surface area contributed by atoms with Crippen LogP contribution in [-0.4, -0.2) is 9.78 Å². The van der Waals surface area contributed by atoms with Crippen LogP contribution in [0.15, 0.2) is 36.5 Å². The first-order chi connectivity index (χ1) is 9.24. The van der Waals surface area contributed by atoms with Crippen molar-refractivity contribution in [2.24, 2.45) is 12.8 Å². The molecule has 1 heterocycles. The van der Waals surface area contributed by atoms with Gasteiger partial charge in [-0.1, -0.05) is 24.3 Å². The monoisotopic (exact) mass is 255 g/mol. The van der Waals surface area contributed by atoms with Gasteiger partial charge in [0.05, 0.1) is 5.69 Å². The van der Waals surface area contributed by atoms with Gasteiger partial charge in [0.2, 0.25) is 0 Å². The van der Waals surface area contributed by atoms with Crippen molar-refractivity contribution in [3.8, 4) is 0 Å². The average molecular weight is 255 g/mol. The van der Waals surface area contributed by atoms with E-state index in [-0.39, 0.29) is 6.04 Å². The molecule has 0 radical (unpaired) electrons. The third-order valence-corrected chi connectivity index (χ3v) is 4.15. The highest BCUT2D eigenvalue weighted by molar-refractivity contribution is 5.32. The molecule has 100 valence electrons. The number of fused-ring (bicyclic) bond motifs is 1. The van der Waals surface area contributed by atoms with Crippen LogP contribution < -0.4 is 5.73 Å². The van der Waals surface area contributed by atoms with Crippen LogP contribution in [-0.2, 0) is 13.5 Å². The van der Waals surface area contributed by atoms with Crippen molar-refractivity contribution in [3.05, 3.63) is 53.3 Å². The summed E-state index contributed by atoms with van der Waals surface area (Å²) in [5.74, 6) is 0.585. The predicted molar refractivity (Wildman–Crippen MR) is 76.9 cm³/mol. The van der Waals surface area contributed by atoms with Crippen molar-refractivity contribution in [1.29, 1.82) is 0 Å². The maximum atomic E-state index is 6.32. The van der Waals surface area contributed by atoms with Crippen LogP contribution >= 0.6 is 0 Å². The van der Waals surface area contributed by atoms with Crippen molar-refractivity contribution in [3.63, 3.8) is 0 Å². The third kappa shape index (κ3) is 2.56. The van der Waals surface area contributed by atoms with Gasteiger partial charge in [-0.05, 0) is 48.8 Å². The van der Waals surface area contributed by atoms with Gasteiger partial charge >= 0.3 is 0 Å². The summed E-state index contributed by atoms with van der Waals surface area (Å²) in [6.07, 6.45) is 6.69. The maximum absolute atomic E-state index is 6.32. The third-order valence-electron chi connectivity index (χ3n) is 4.15. The molecule has 1 aliphatic rings. The van der Waals surface area contributed by atoms with Crippen LogP contribution in [0.5, 0.6) is 0 Å². The molecule has 3 nitrogen and oxygen atoms in total. The van der Waals surface area contributed by atoms with E-state index in [0.29, 0.717) is 5.92 Å². The zero-order valence-corrected chi connectivity index (χ0v) is 11.4. The van der Waals surface area contributed by atoms with Gasteiger partial charge in [-0.2, -0.15) is 5.10 Å². The molecule has 1 aromatic carbocycles. The van der Waals surface area contributed by atoms with Crippen LogP contribution in [0.25, 0.3) is 0 Å². The Labute approximate surface area is 114 Å². The summed E-state index contributed by atoms with van der Waals surface area (Å²) in [6, 6.07) is 10.9. The van der Waals surface area contributed by atoms with E-state index in [4.69, 9.17) is 5.73 Å². The molecule has 0 spiro atoms. The molecule has 2 N–H and O–H groups in total. The minimum atomic E-state index is 0.0392. The van der Waals surface area contributed by atoms with E-state index in [9.17, 15) is 0 Å². The molecule has 1 aromatic heterocycles. The molecule has 1 aliphatic carbocycles. The fraction of sp³-hybridized carbons (Fsp3) is 0.438. The molecule has 0 aliphatic heterocycles. The molecule has 0 bridgehead atoms. The lowest BCUT2D eigenvalue weighted by molar-refractivity contribution is 0.469. The summed E-state index contributed by atoms with van der Waals surface area (Å²) < 4.78 is 1.82. The zero-order chi connectivity index (χ0) is 13.2. The lowest BCUT2D eigenvalue weighted by atomic mass is 9.79. The topological polar surface area (TPSA) is 43.8 Å². The van der Waals surface area contributed by atoms with Crippen molar-refractivity contribution in [2.45, 2.75) is 37.6 Å². The quantitative estimate of drug-likeness (QED) is 0.916. The standard InChI is InChI=1S/C16H21N3/c1-19-10-9-16(18-19)15(17)11-13-7-4-6-12-5-2-3-8-14(12)13/h2-3,5,8-10,13,15H,4,6-7,11,17H2,1H3. The van der Waals surface area contributed by atoms with Gasteiger partial charge in [-0.15, -0.1) is 0 Å². The molecule has 0 fully saturated rings. The Hall–Kier alpha value is -1.61. The molecule has 2 aromatic rings. The number of hydrogen-bond donors (Lipinski definition) is 1. The fourth-order valence-electron chi connectivity index (χ4n) is 3.16. The first-order valence-corrected chi connectivity index (χ1v) is 7.07. The predicted octanol–water partition coefficient (Wildman–Crippen LogP) is 2.93. The summed E-state index contributed by atoms with van der Waals surface area (Å²) in [5.41, 5.74) is 10.3. The van der Waals surface area contributed by atoms with Gasteiger partial charge in [-0.3, -0.25) is 4.68 Å². The van der Waals surface area contributed by atoms with Gasteiger partial charge in [-0.25, -0.2) is 0 Å². The lowest BCUT2D eigenvalue weighted by Crippen LogP contribution is -2.18. The van der Waals surface area contributed by atoms with Crippen LogP contribution in [0.3, 0.4) is 0 Å². The van der Waals surface area contributed by atoms with E-state index in [1.54, 1.807) is 0 Å².